The number of amides is 1. The molecule has 0 aliphatic rings. The molecule has 0 aliphatic carbocycles. The SMILES string of the molecule is CCN(CC)Cc1ccc(Oc2cccc3cc(C(=O)NC(N)=NC)[nH]c23)s1. The van der Waals surface area contributed by atoms with Crippen molar-refractivity contribution in [2.75, 3.05) is 20.1 Å². The summed E-state index contributed by atoms with van der Waals surface area (Å²) in [6.45, 7) is 7.27. The summed E-state index contributed by atoms with van der Waals surface area (Å²) in [5, 5.41) is 4.22. The summed E-state index contributed by atoms with van der Waals surface area (Å²) in [4.78, 5) is 22.7. The second kappa shape index (κ2) is 8.90. The number of H-pyrrole nitrogens is 1. The number of aromatic nitrogens is 1. The van der Waals surface area contributed by atoms with Gasteiger partial charge in [0.25, 0.3) is 5.91 Å². The number of thiophene rings is 1. The highest BCUT2D eigenvalue weighted by Crippen LogP contribution is 2.34. The molecule has 1 amide bonds. The molecule has 0 fully saturated rings. The third-order valence-electron chi connectivity index (χ3n) is 4.47. The molecule has 0 bridgehead atoms. The second-order valence-corrected chi connectivity index (χ2v) is 7.38. The zero-order valence-corrected chi connectivity index (χ0v) is 17.1. The highest BCUT2D eigenvalue weighted by atomic mass is 32.1. The zero-order chi connectivity index (χ0) is 20.1. The van der Waals surface area contributed by atoms with E-state index in [0.29, 0.717) is 11.4 Å². The highest BCUT2D eigenvalue weighted by Gasteiger charge is 2.14. The number of aliphatic imine (C=N–C) groups is 1. The van der Waals surface area contributed by atoms with Gasteiger partial charge in [0.05, 0.1) is 5.52 Å². The first-order valence-electron chi connectivity index (χ1n) is 9.18. The van der Waals surface area contributed by atoms with Crippen molar-refractivity contribution in [1.82, 2.24) is 15.2 Å². The molecule has 3 rings (SSSR count). The lowest BCUT2D eigenvalue weighted by Crippen LogP contribution is -2.36. The van der Waals surface area contributed by atoms with Crippen LogP contribution in [-0.2, 0) is 6.54 Å². The molecule has 0 unspecified atom stereocenters. The number of ether oxygens (including phenoxy) is 1. The van der Waals surface area contributed by atoms with Crippen molar-refractivity contribution < 1.29 is 9.53 Å². The molecule has 1 aromatic carbocycles. The molecule has 8 heteroatoms. The molecular weight excluding hydrogens is 374 g/mol. The summed E-state index contributed by atoms with van der Waals surface area (Å²) in [7, 11) is 1.52. The topological polar surface area (TPSA) is 95.7 Å². The van der Waals surface area contributed by atoms with E-state index in [1.165, 1.54) is 11.9 Å². The lowest BCUT2D eigenvalue weighted by atomic mass is 10.2. The van der Waals surface area contributed by atoms with Crippen LogP contribution < -0.4 is 15.8 Å². The fraction of sp³-hybridized carbons (Fsp3) is 0.300. The number of carbonyl (C=O) groups excluding carboxylic acids is 1. The monoisotopic (exact) mass is 399 g/mol. The molecule has 28 heavy (non-hydrogen) atoms. The molecule has 2 aromatic heterocycles. The third kappa shape index (κ3) is 4.52. The molecule has 0 atom stereocenters. The maximum absolute atomic E-state index is 12.3. The Morgan fingerprint density at radius 3 is 2.79 bits per heavy atom. The molecule has 3 aromatic rings. The predicted molar refractivity (Wildman–Crippen MR) is 114 cm³/mol. The normalized spacial score (nSPS) is 11.9. The summed E-state index contributed by atoms with van der Waals surface area (Å²) < 4.78 is 6.11. The lowest BCUT2D eigenvalue weighted by Gasteiger charge is -2.16. The number of carbonyl (C=O) groups is 1. The minimum Gasteiger partial charge on any atom is -0.444 e. The van der Waals surface area contributed by atoms with Crippen LogP contribution in [0, 0.1) is 0 Å². The van der Waals surface area contributed by atoms with Gasteiger partial charge in [0.2, 0.25) is 0 Å². The van der Waals surface area contributed by atoms with E-state index in [4.69, 9.17) is 10.5 Å². The number of guanidine groups is 1. The minimum absolute atomic E-state index is 0.0689. The minimum atomic E-state index is -0.345. The van der Waals surface area contributed by atoms with Crippen molar-refractivity contribution in [3.8, 4) is 10.8 Å². The van der Waals surface area contributed by atoms with Gasteiger partial charge in [0.1, 0.15) is 5.69 Å². The Bertz CT molecular complexity index is 988. The average molecular weight is 400 g/mol. The van der Waals surface area contributed by atoms with Gasteiger partial charge in [0, 0.05) is 23.9 Å². The number of aromatic amines is 1. The van der Waals surface area contributed by atoms with E-state index in [1.807, 2.05) is 24.3 Å². The smallest absolute Gasteiger partial charge is 0.274 e. The number of nitrogens with two attached hydrogens (primary N) is 1. The predicted octanol–water partition coefficient (Wildman–Crippen LogP) is 3.54. The molecule has 0 spiro atoms. The van der Waals surface area contributed by atoms with Gasteiger partial charge in [0.15, 0.2) is 16.8 Å². The van der Waals surface area contributed by atoms with E-state index in [1.54, 1.807) is 17.4 Å². The maximum atomic E-state index is 12.3. The molecule has 0 aliphatic heterocycles. The van der Waals surface area contributed by atoms with E-state index in [9.17, 15) is 4.79 Å². The van der Waals surface area contributed by atoms with Crippen molar-refractivity contribution in [2.45, 2.75) is 20.4 Å². The van der Waals surface area contributed by atoms with Crippen molar-refractivity contribution >= 4 is 34.1 Å². The van der Waals surface area contributed by atoms with E-state index >= 15 is 0 Å². The van der Waals surface area contributed by atoms with Crippen LogP contribution in [-0.4, -0.2) is 41.9 Å². The largest absolute Gasteiger partial charge is 0.444 e. The Morgan fingerprint density at radius 2 is 2.07 bits per heavy atom. The van der Waals surface area contributed by atoms with E-state index < -0.39 is 0 Å². The molecule has 0 saturated heterocycles. The first kappa shape index (κ1) is 19.9. The average Bonchev–Trinajstić information content (AvgIpc) is 3.33. The number of fused-ring (bicyclic) bond motifs is 1. The van der Waals surface area contributed by atoms with Crippen LogP contribution in [0.5, 0.6) is 10.8 Å². The Labute approximate surface area is 168 Å². The Hall–Kier alpha value is -2.84. The molecule has 7 nitrogen and oxygen atoms in total. The third-order valence-corrected chi connectivity index (χ3v) is 5.41. The summed E-state index contributed by atoms with van der Waals surface area (Å²) in [6, 6.07) is 11.6. The first-order chi connectivity index (χ1) is 13.5. The maximum Gasteiger partial charge on any atom is 0.274 e. The van der Waals surface area contributed by atoms with Crippen molar-refractivity contribution in [3.05, 3.63) is 47.0 Å². The van der Waals surface area contributed by atoms with E-state index in [0.717, 1.165) is 35.6 Å². The number of nitrogens with zero attached hydrogens (tertiary/aromatic N) is 2. The number of hydrogen-bond donors (Lipinski definition) is 3. The van der Waals surface area contributed by atoms with E-state index in [-0.39, 0.29) is 11.9 Å². The number of rotatable bonds is 7. The molecular formula is C20H25N5O2S. The second-order valence-electron chi connectivity index (χ2n) is 6.25. The number of para-hydroxylation sites is 1. The summed E-state index contributed by atoms with van der Waals surface area (Å²) in [5.41, 5.74) is 6.73. The number of nitrogens with one attached hydrogen (secondary N) is 2. The Morgan fingerprint density at radius 1 is 1.29 bits per heavy atom. The molecule has 0 radical (unpaired) electrons. The van der Waals surface area contributed by atoms with Crippen LogP contribution in [0.3, 0.4) is 0 Å². The summed E-state index contributed by atoms with van der Waals surface area (Å²) >= 11 is 1.63. The van der Waals surface area contributed by atoms with Gasteiger partial charge >= 0.3 is 0 Å². The standard InChI is InChI=1S/C20H25N5O2S/c1-4-25(5-2)12-14-9-10-17(28-14)27-16-8-6-7-13-11-15(23-18(13)16)19(26)24-20(21)22-3/h6-11,23H,4-5,12H2,1-3H3,(H3,21,22,24,26). The van der Waals surface area contributed by atoms with Gasteiger partial charge in [-0.1, -0.05) is 26.0 Å². The van der Waals surface area contributed by atoms with Gasteiger partial charge in [-0.3, -0.25) is 20.0 Å². The number of benzene rings is 1. The van der Waals surface area contributed by atoms with Gasteiger partial charge in [-0.25, -0.2) is 0 Å². The van der Waals surface area contributed by atoms with Crippen LogP contribution in [0.4, 0.5) is 0 Å². The summed E-state index contributed by atoms with van der Waals surface area (Å²) in [6.07, 6.45) is 0. The van der Waals surface area contributed by atoms with Gasteiger partial charge < -0.3 is 15.5 Å². The van der Waals surface area contributed by atoms with Crippen LogP contribution in [0.25, 0.3) is 10.9 Å². The van der Waals surface area contributed by atoms with Gasteiger partial charge in [-0.05, 0) is 37.4 Å². The van der Waals surface area contributed by atoms with Crippen LogP contribution in [0.1, 0.15) is 29.2 Å². The number of hydrogen-bond acceptors (Lipinski definition) is 5. The fourth-order valence-electron chi connectivity index (χ4n) is 2.85. The van der Waals surface area contributed by atoms with Crippen molar-refractivity contribution in [2.24, 2.45) is 10.7 Å². The highest BCUT2D eigenvalue weighted by molar-refractivity contribution is 7.13. The first-order valence-corrected chi connectivity index (χ1v) is 10.00. The van der Waals surface area contributed by atoms with Crippen LogP contribution in [0.15, 0.2) is 41.4 Å². The quantitative estimate of drug-likeness (QED) is 0.418. The Balaban J connectivity index is 1.80. The lowest BCUT2D eigenvalue weighted by molar-refractivity contribution is 0.0972. The molecule has 4 N–H and O–H groups in total. The molecule has 2 heterocycles. The van der Waals surface area contributed by atoms with E-state index in [2.05, 4.69) is 40.1 Å². The molecule has 0 saturated carbocycles. The fourth-order valence-corrected chi connectivity index (χ4v) is 3.76. The van der Waals surface area contributed by atoms with Gasteiger partial charge in [-0.2, -0.15) is 0 Å². The Kier molecular flexibility index (Phi) is 6.33. The molecule has 148 valence electrons. The van der Waals surface area contributed by atoms with Crippen LogP contribution >= 0.6 is 11.3 Å². The van der Waals surface area contributed by atoms with Crippen LogP contribution in [0.2, 0.25) is 0 Å². The van der Waals surface area contributed by atoms with Crippen molar-refractivity contribution in [1.29, 1.82) is 0 Å². The van der Waals surface area contributed by atoms with Crippen molar-refractivity contribution in [3.63, 3.8) is 0 Å². The summed E-state index contributed by atoms with van der Waals surface area (Å²) in [5.74, 6) is 0.396. The zero-order valence-electron chi connectivity index (χ0n) is 16.3. The van der Waals surface area contributed by atoms with Gasteiger partial charge in [-0.15, -0.1) is 11.3 Å².